The summed E-state index contributed by atoms with van der Waals surface area (Å²) >= 11 is 0. The summed E-state index contributed by atoms with van der Waals surface area (Å²) in [7, 11) is -2.69. The average Bonchev–Trinajstić information content (AvgIpc) is 2.95. The number of esters is 1. The maximum Gasteiger partial charge on any atom is 0.410 e. The molecule has 1 aliphatic heterocycles. The lowest BCUT2D eigenvalue weighted by Crippen LogP contribution is -2.44. The fraction of sp³-hybridized carbons (Fsp3) is 0.452. The highest BCUT2D eigenvalue weighted by molar-refractivity contribution is 7.93. The molecule has 1 heterocycles. The molecule has 1 saturated heterocycles. The third-order valence-corrected chi connectivity index (χ3v) is 7.99. The molecule has 0 radical (unpaired) electrons. The molecule has 0 saturated carbocycles. The van der Waals surface area contributed by atoms with Crippen molar-refractivity contribution in [3.63, 3.8) is 0 Å². The minimum Gasteiger partial charge on any atom is -0.493 e. The second kappa shape index (κ2) is 14.8. The maximum absolute atomic E-state index is 13.4. The number of piperidine rings is 1. The first-order valence-electron chi connectivity index (χ1n) is 14.0. The summed E-state index contributed by atoms with van der Waals surface area (Å²) in [6.07, 6.45) is 3.96. The number of rotatable bonds is 11. The van der Waals surface area contributed by atoms with Gasteiger partial charge in [0.2, 0.25) is 10.0 Å². The second-order valence-corrected chi connectivity index (χ2v) is 12.7. The van der Waals surface area contributed by atoms with Crippen molar-refractivity contribution in [2.24, 2.45) is 0 Å². The molecular formula is C31H39N3O8S. The highest BCUT2D eigenvalue weighted by Gasteiger charge is 2.29. The molecule has 0 aliphatic carbocycles. The maximum atomic E-state index is 13.4. The quantitative estimate of drug-likeness (QED) is 0.329. The number of hydrogen-bond donors (Lipinski definition) is 0. The summed E-state index contributed by atoms with van der Waals surface area (Å²) in [5, 5.41) is 9.16. The number of anilines is 1. The van der Waals surface area contributed by atoms with Crippen LogP contribution in [0.4, 0.5) is 10.5 Å². The van der Waals surface area contributed by atoms with Crippen molar-refractivity contribution in [2.45, 2.75) is 52.2 Å². The summed E-state index contributed by atoms with van der Waals surface area (Å²) in [4.78, 5) is 26.2. The molecule has 0 atom stereocenters. The van der Waals surface area contributed by atoms with Crippen LogP contribution in [0.5, 0.6) is 11.5 Å². The van der Waals surface area contributed by atoms with Crippen LogP contribution in [0.2, 0.25) is 0 Å². The minimum atomic E-state index is -4.15. The smallest absolute Gasteiger partial charge is 0.410 e. The molecule has 1 amide bonds. The zero-order chi connectivity index (χ0) is 31.6. The molecule has 0 N–H and O–H groups in total. The van der Waals surface area contributed by atoms with E-state index in [1.165, 1.54) is 13.2 Å². The summed E-state index contributed by atoms with van der Waals surface area (Å²) in [6, 6.07) is 13.7. The van der Waals surface area contributed by atoms with Crippen LogP contribution in [-0.4, -0.2) is 76.2 Å². The Labute approximate surface area is 253 Å². The average molecular weight is 614 g/mol. The Bertz CT molecular complexity index is 1450. The van der Waals surface area contributed by atoms with Crippen LogP contribution in [-0.2, 0) is 24.3 Å². The van der Waals surface area contributed by atoms with E-state index in [2.05, 4.69) is 6.07 Å². The molecule has 3 rings (SSSR count). The van der Waals surface area contributed by atoms with E-state index < -0.39 is 27.3 Å². The van der Waals surface area contributed by atoms with E-state index in [4.69, 9.17) is 24.2 Å². The van der Waals surface area contributed by atoms with Gasteiger partial charge in [-0.3, -0.25) is 9.10 Å². The normalized spacial score (nSPS) is 14.2. The van der Waals surface area contributed by atoms with Crippen LogP contribution in [0.1, 0.15) is 51.7 Å². The summed E-state index contributed by atoms with van der Waals surface area (Å²) in [5.41, 5.74) is 0.893. The van der Waals surface area contributed by atoms with E-state index in [-0.39, 0.29) is 31.0 Å². The number of carbonyl (C=O) groups excluding carboxylic acids is 2. The third kappa shape index (κ3) is 9.92. The van der Waals surface area contributed by atoms with Crippen molar-refractivity contribution >= 4 is 33.8 Å². The topological polar surface area (TPSA) is 135 Å². The number of ether oxygens (including phenoxy) is 4. The van der Waals surface area contributed by atoms with E-state index in [0.717, 1.165) is 9.87 Å². The van der Waals surface area contributed by atoms with Gasteiger partial charge < -0.3 is 23.8 Å². The fourth-order valence-corrected chi connectivity index (χ4v) is 5.66. The number of sulfonamides is 1. The monoisotopic (exact) mass is 613 g/mol. The first-order chi connectivity index (χ1) is 20.3. The van der Waals surface area contributed by atoms with Gasteiger partial charge in [-0.2, -0.15) is 5.26 Å². The molecule has 1 fully saturated rings. The summed E-state index contributed by atoms with van der Waals surface area (Å²) in [6.45, 7) is 7.99. The predicted octanol–water partition coefficient (Wildman–Crippen LogP) is 4.76. The van der Waals surface area contributed by atoms with Gasteiger partial charge in [-0.25, -0.2) is 13.2 Å². The highest BCUT2D eigenvalue weighted by Crippen LogP contribution is 2.35. The number of nitriles is 1. The van der Waals surface area contributed by atoms with Crippen LogP contribution < -0.4 is 13.8 Å². The zero-order valence-electron chi connectivity index (χ0n) is 25.2. The van der Waals surface area contributed by atoms with Gasteiger partial charge in [0.25, 0.3) is 0 Å². The van der Waals surface area contributed by atoms with Gasteiger partial charge >= 0.3 is 12.1 Å². The molecule has 12 heteroatoms. The summed E-state index contributed by atoms with van der Waals surface area (Å²) in [5.74, 6) is -0.958. The van der Waals surface area contributed by atoms with E-state index in [1.807, 2.05) is 20.8 Å². The van der Waals surface area contributed by atoms with Gasteiger partial charge in [-0.15, -0.1) is 0 Å². The molecular weight excluding hydrogens is 574 g/mol. The molecule has 0 spiro atoms. The molecule has 43 heavy (non-hydrogen) atoms. The number of carbonyl (C=O) groups is 2. The van der Waals surface area contributed by atoms with Gasteiger partial charge in [0.1, 0.15) is 11.7 Å². The van der Waals surface area contributed by atoms with Crippen molar-refractivity contribution in [2.75, 3.05) is 43.4 Å². The fourth-order valence-electron chi connectivity index (χ4n) is 4.38. The van der Waals surface area contributed by atoms with Gasteiger partial charge in [0, 0.05) is 32.0 Å². The molecule has 0 aromatic heterocycles. The second-order valence-electron chi connectivity index (χ2n) is 10.9. The molecule has 2 aromatic carbocycles. The summed E-state index contributed by atoms with van der Waals surface area (Å²) < 4.78 is 49.9. The largest absolute Gasteiger partial charge is 0.493 e. The Morgan fingerprint density at radius 3 is 2.47 bits per heavy atom. The lowest BCUT2D eigenvalue weighted by Gasteiger charge is -2.33. The third-order valence-electron chi connectivity index (χ3n) is 6.36. The van der Waals surface area contributed by atoms with Crippen molar-refractivity contribution in [1.29, 1.82) is 5.26 Å². The highest BCUT2D eigenvalue weighted by atomic mass is 32.2. The van der Waals surface area contributed by atoms with Crippen molar-refractivity contribution < 1.29 is 37.0 Å². The Hall–Kier alpha value is -4.24. The Morgan fingerprint density at radius 1 is 1.12 bits per heavy atom. The molecule has 232 valence electrons. The molecule has 1 aliphatic rings. The van der Waals surface area contributed by atoms with Crippen LogP contribution in [0, 0.1) is 11.3 Å². The lowest BCUT2D eigenvalue weighted by atomic mass is 10.1. The van der Waals surface area contributed by atoms with E-state index in [1.54, 1.807) is 60.4 Å². The number of benzene rings is 2. The molecule has 2 aromatic rings. The van der Waals surface area contributed by atoms with Crippen LogP contribution in [0.15, 0.2) is 48.5 Å². The molecule has 11 nitrogen and oxygen atoms in total. The molecule has 0 bridgehead atoms. The number of amides is 1. The van der Waals surface area contributed by atoms with Gasteiger partial charge in [-0.1, -0.05) is 24.3 Å². The van der Waals surface area contributed by atoms with Gasteiger partial charge in [0.05, 0.1) is 37.6 Å². The van der Waals surface area contributed by atoms with Gasteiger partial charge in [0.15, 0.2) is 17.3 Å². The number of likely N-dealkylation sites (tertiary alicyclic amines) is 1. The van der Waals surface area contributed by atoms with Crippen LogP contribution in [0.25, 0.3) is 6.08 Å². The van der Waals surface area contributed by atoms with Crippen molar-refractivity contribution in [3.05, 3.63) is 59.7 Å². The van der Waals surface area contributed by atoms with E-state index in [9.17, 15) is 18.0 Å². The Kier molecular flexibility index (Phi) is 11.4. The molecule has 0 unspecified atom stereocenters. The number of nitrogens with zero attached hydrogens (tertiary/aromatic N) is 3. The Balaban J connectivity index is 1.79. The standard InChI is InChI=1S/C31H39N3O8S/c1-6-40-29(35)22-43(37,38)34(16-8-11-23-9-7-10-24(19-23)21-32)25-12-13-27(28(20-25)39-5)41-26-14-17-33(18-15-26)30(36)42-31(2,3)4/h7-13,19-20,26H,6,14-18,22H2,1-5H3. The number of methoxy groups -OCH3 is 1. The zero-order valence-corrected chi connectivity index (χ0v) is 26.1. The number of hydrogen-bond acceptors (Lipinski definition) is 9. The minimum absolute atomic E-state index is 0.0556. The van der Waals surface area contributed by atoms with Crippen molar-refractivity contribution in [1.82, 2.24) is 4.90 Å². The van der Waals surface area contributed by atoms with Crippen molar-refractivity contribution in [3.8, 4) is 17.6 Å². The lowest BCUT2D eigenvalue weighted by molar-refractivity contribution is -0.139. The van der Waals surface area contributed by atoms with Gasteiger partial charge in [-0.05, 0) is 57.5 Å². The first kappa shape index (κ1) is 33.3. The van der Waals surface area contributed by atoms with Crippen LogP contribution >= 0.6 is 0 Å². The first-order valence-corrected chi connectivity index (χ1v) is 15.6. The Morgan fingerprint density at radius 2 is 1.84 bits per heavy atom. The van der Waals surface area contributed by atoms with E-state index >= 15 is 0 Å². The SMILES string of the molecule is CCOC(=O)CS(=O)(=O)N(CC=Cc1cccc(C#N)c1)c1ccc(OC2CCN(C(=O)OC(C)(C)C)CC2)c(OC)c1. The van der Waals surface area contributed by atoms with Crippen LogP contribution in [0.3, 0.4) is 0 Å². The predicted molar refractivity (Wildman–Crippen MR) is 162 cm³/mol. The van der Waals surface area contributed by atoms with E-state index in [0.29, 0.717) is 43.0 Å².